The van der Waals surface area contributed by atoms with Gasteiger partial charge >= 0.3 is 0 Å². The summed E-state index contributed by atoms with van der Waals surface area (Å²) < 4.78 is 11.0. The highest BCUT2D eigenvalue weighted by Gasteiger charge is 2.44. The largest absolute Gasteiger partial charge is 0.349 e. The lowest BCUT2D eigenvalue weighted by atomic mass is 9.94. The third-order valence-corrected chi connectivity index (χ3v) is 2.84. The number of hydrogen-bond acceptors (Lipinski definition) is 5. The van der Waals surface area contributed by atoms with Crippen molar-refractivity contribution in [2.24, 2.45) is 0 Å². The van der Waals surface area contributed by atoms with Gasteiger partial charge in [0.2, 0.25) is 5.91 Å². The van der Waals surface area contributed by atoms with Crippen molar-refractivity contribution in [2.75, 3.05) is 26.8 Å². The van der Waals surface area contributed by atoms with Gasteiger partial charge in [0, 0.05) is 6.92 Å². The van der Waals surface area contributed by atoms with Crippen molar-refractivity contribution in [3.63, 3.8) is 0 Å². The Hall–Kier alpha value is -0.980. The summed E-state index contributed by atoms with van der Waals surface area (Å²) in [6.07, 6.45) is 0. The molecule has 0 aliphatic carbocycles. The molecule has 1 fully saturated rings. The molecular weight excluding hydrogens is 224 g/mol. The van der Waals surface area contributed by atoms with Crippen LogP contribution in [0.3, 0.4) is 0 Å². The number of amides is 1. The van der Waals surface area contributed by atoms with E-state index in [1.54, 1.807) is 20.9 Å². The van der Waals surface area contributed by atoms with Crippen LogP contribution in [0.4, 0.5) is 0 Å². The van der Waals surface area contributed by atoms with Crippen molar-refractivity contribution in [1.82, 2.24) is 10.6 Å². The first-order chi connectivity index (χ1) is 7.81. The van der Waals surface area contributed by atoms with Crippen LogP contribution in [0.5, 0.6) is 0 Å². The Bertz CT molecular complexity index is 305. The minimum Gasteiger partial charge on any atom is -0.349 e. The van der Waals surface area contributed by atoms with Crippen LogP contribution < -0.4 is 10.6 Å². The fourth-order valence-electron chi connectivity index (χ4n) is 1.50. The minimum atomic E-state index is -0.877. The molecule has 2 N–H and O–H groups in total. The molecule has 1 aliphatic heterocycles. The monoisotopic (exact) mass is 244 g/mol. The number of carbonyl (C=O) groups excluding carboxylic acids is 2. The second-order valence-corrected chi connectivity index (χ2v) is 4.64. The normalized spacial score (nSPS) is 21.9. The molecule has 0 unspecified atom stereocenters. The van der Waals surface area contributed by atoms with Gasteiger partial charge in [0.1, 0.15) is 5.54 Å². The van der Waals surface area contributed by atoms with Crippen LogP contribution in [0.15, 0.2) is 0 Å². The van der Waals surface area contributed by atoms with Crippen LogP contribution in [-0.4, -0.2) is 49.8 Å². The first-order valence-corrected chi connectivity index (χ1v) is 5.56. The molecule has 0 radical (unpaired) electrons. The van der Waals surface area contributed by atoms with Crippen molar-refractivity contribution < 1.29 is 19.1 Å². The highest BCUT2D eigenvalue weighted by Crippen LogP contribution is 2.23. The highest BCUT2D eigenvalue weighted by atomic mass is 16.7. The lowest BCUT2D eigenvalue weighted by Crippen LogP contribution is -2.64. The number of hydrogen-bond donors (Lipinski definition) is 2. The maximum absolute atomic E-state index is 12.0. The fourth-order valence-corrected chi connectivity index (χ4v) is 1.50. The van der Waals surface area contributed by atoms with Crippen LogP contribution in [0, 0.1) is 0 Å². The summed E-state index contributed by atoms with van der Waals surface area (Å²) in [6, 6.07) is 0. The Morgan fingerprint density at radius 1 is 1.24 bits per heavy atom. The molecule has 1 amide bonds. The second kappa shape index (κ2) is 5.12. The van der Waals surface area contributed by atoms with Crippen molar-refractivity contribution >= 4 is 11.7 Å². The topological polar surface area (TPSA) is 76.7 Å². The summed E-state index contributed by atoms with van der Waals surface area (Å²) in [7, 11) is 1.68. The maximum Gasteiger partial charge on any atom is 0.217 e. The second-order valence-electron chi connectivity index (χ2n) is 4.64. The van der Waals surface area contributed by atoms with Crippen molar-refractivity contribution in [3.05, 3.63) is 0 Å². The predicted octanol–water partition coefficient (Wildman–Crippen LogP) is -0.567. The van der Waals surface area contributed by atoms with E-state index < -0.39 is 11.3 Å². The molecule has 0 aromatic heterocycles. The molecule has 0 atom stereocenters. The molecule has 1 rings (SSSR count). The van der Waals surface area contributed by atoms with Gasteiger partial charge in [-0.3, -0.25) is 9.59 Å². The molecule has 1 heterocycles. The molecule has 0 aromatic carbocycles. The summed E-state index contributed by atoms with van der Waals surface area (Å²) in [5.74, 6) is -1.05. The van der Waals surface area contributed by atoms with Crippen molar-refractivity contribution in [1.29, 1.82) is 0 Å². The van der Waals surface area contributed by atoms with Crippen LogP contribution in [0.1, 0.15) is 20.8 Å². The van der Waals surface area contributed by atoms with Crippen molar-refractivity contribution in [3.8, 4) is 0 Å². The Morgan fingerprint density at radius 3 is 2.18 bits per heavy atom. The first-order valence-electron chi connectivity index (χ1n) is 5.56. The quantitative estimate of drug-likeness (QED) is 0.693. The number of nitrogens with one attached hydrogen (secondary N) is 2. The zero-order chi connectivity index (χ0) is 13.1. The number of ether oxygens (including phenoxy) is 2. The van der Waals surface area contributed by atoms with Gasteiger partial charge < -0.3 is 20.1 Å². The highest BCUT2D eigenvalue weighted by molar-refractivity contribution is 5.93. The first kappa shape index (κ1) is 14.1. The van der Waals surface area contributed by atoms with E-state index in [9.17, 15) is 9.59 Å². The Balaban J connectivity index is 2.64. The smallest absolute Gasteiger partial charge is 0.217 e. The lowest BCUT2D eigenvalue weighted by Gasteiger charge is -2.42. The van der Waals surface area contributed by atoms with Crippen LogP contribution in [0.2, 0.25) is 0 Å². The van der Waals surface area contributed by atoms with Gasteiger partial charge in [-0.25, -0.2) is 0 Å². The van der Waals surface area contributed by atoms with Gasteiger partial charge in [0.25, 0.3) is 0 Å². The van der Waals surface area contributed by atoms with Gasteiger partial charge in [-0.15, -0.1) is 0 Å². The zero-order valence-electron chi connectivity index (χ0n) is 10.8. The van der Waals surface area contributed by atoms with Gasteiger partial charge in [-0.05, 0) is 20.9 Å². The van der Waals surface area contributed by atoms with Gasteiger partial charge in [0.15, 0.2) is 11.6 Å². The number of ketones is 1. The number of likely N-dealkylation sites (N-methyl/N-ethyl adjacent to an activating group) is 1. The molecule has 1 aliphatic rings. The molecular formula is C11H20N2O4. The Kier molecular flexibility index (Phi) is 4.24. The van der Waals surface area contributed by atoms with E-state index in [4.69, 9.17) is 9.47 Å². The van der Waals surface area contributed by atoms with Crippen molar-refractivity contribution in [2.45, 2.75) is 32.1 Å². The van der Waals surface area contributed by atoms with Gasteiger partial charge in [-0.1, -0.05) is 0 Å². The summed E-state index contributed by atoms with van der Waals surface area (Å²) in [5.41, 5.74) is -0.877. The van der Waals surface area contributed by atoms with E-state index in [0.717, 1.165) is 0 Å². The molecule has 0 saturated carbocycles. The molecule has 0 spiro atoms. The SMILES string of the molecule is CNC1(C(=O)CNC(C)=O)COC(C)(C)OC1. The fraction of sp³-hybridized carbons (Fsp3) is 0.818. The van der Waals surface area contributed by atoms with E-state index in [-0.39, 0.29) is 31.4 Å². The number of carbonyl (C=O) groups is 2. The molecule has 98 valence electrons. The molecule has 6 nitrogen and oxygen atoms in total. The maximum atomic E-state index is 12.0. The third-order valence-electron chi connectivity index (χ3n) is 2.84. The summed E-state index contributed by atoms with van der Waals surface area (Å²) >= 11 is 0. The zero-order valence-corrected chi connectivity index (χ0v) is 10.8. The molecule has 0 aromatic rings. The van der Waals surface area contributed by atoms with Gasteiger partial charge in [0.05, 0.1) is 19.8 Å². The van der Waals surface area contributed by atoms with E-state index in [1.165, 1.54) is 6.92 Å². The van der Waals surface area contributed by atoms with Crippen LogP contribution in [0.25, 0.3) is 0 Å². The minimum absolute atomic E-state index is 0.0245. The molecule has 1 saturated heterocycles. The van der Waals surface area contributed by atoms with E-state index in [2.05, 4.69) is 10.6 Å². The van der Waals surface area contributed by atoms with Crippen LogP contribution in [-0.2, 0) is 19.1 Å². The summed E-state index contributed by atoms with van der Waals surface area (Å²) in [4.78, 5) is 22.8. The molecule has 17 heavy (non-hydrogen) atoms. The average molecular weight is 244 g/mol. The van der Waals surface area contributed by atoms with E-state index in [0.29, 0.717) is 0 Å². The van der Waals surface area contributed by atoms with E-state index >= 15 is 0 Å². The number of Topliss-reactive ketones (excluding diaryl/α,β-unsaturated/α-hetero) is 1. The summed E-state index contributed by atoms with van der Waals surface area (Å²) in [6.45, 7) is 5.40. The lowest BCUT2D eigenvalue weighted by molar-refractivity contribution is -0.266. The third kappa shape index (κ3) is 3.49. The van der Waals surface area contributed by atoms with E-state index in [1.807, 2.05) is 0 Å². The van der Waals surface area contributed by atoms with Crippen LogP contribution >= 0.6 is 0 Å². The number of rotatable bonds is 4. The average Bonchev–Trinajstić information content (AvgIpc) is 2.26. The Labute approximate surface area is 101 Å². The molecule has 0 bridgehead atoms. The summed E-state index contributed by atoms with van der Waals surface area (Å²) in [5, 5.41) is 5.41. The Morgan fingerprint density at radius 2 is 1.76 bits per heavy atom. The standard InChI is InChI=1S/C11H20N2O4/c1-8(14)13-5-9(15)11(12-4)6-16-10(2,3)17-7-11/h12H,5-7H2,1-4H3,(H,13,14). The molecule has 6 heteroatoms. The van der Waals surface area contributed by atoms with Gasteiger partial charge in [-0.2, -0.15) is 0 Å². The predicted molar refractivity (Wildman–Crippen MR) is 61.5 cm³/mol.